The number of para-hydroxylation sites is 1. The Morgan fingerprint density at radius 3 is 2.55 bits per heavy atom. The average Bonchev–Trinajstić information content (AvgIpc) is 3.03. The van der Waals surface area contributed by atoms with E-state index >= 15 is 0 Å². The minimum absolute atomic E-state index is 0.271. The number of benzene rings is 1. The van der Waals surface area contributed by atoms with Gasteiger partial charge in [-0.25, -0.2) is 0 Å². The SMILES string of the molecule is O=C(Nc1ccccc1Br)c1ccc(NC2CCCC2)nn1. The van der Waals surface area contributed by atoms with Crippen molar-refractivity contribution in [2.75, 3.05) is 10.6 Å². The van der Waals surface area contributed by atoms with Gasteiger partial charge in [-0.15, -0.1) is 10.2 Å². The molecule has 1 heterocycles. The number of hydrogen-bond donors (Lipinski definition) is 2. The molecule has 5 nitrogen and oxygen atoms in total. The highest BCUT2D eigenvalue weighted by Crippen LogP contribution is 2.22. The molecule has 0 aliphatic heterocycles. The summed E-state index contributed by atoms with van der Waals surface area (Å²) in [5.74, 6) is 0.455. The zero-order valence-corrected chi connectivity index (χ0v) is 13.6. The second-order valence-electron chi connectivity index (χ2n) is 5.36. The smallest absolute Gasteiger partial charge is 0.276 e. The van der Waals surface area contributed by atoms with Gasteiger partial charge in [0.25, 0.3) is 5.91 Å². The maximum atomic E-state index is 12.2. The lowest BCUT2D eigenvalue weighted by Gasteiger charge is -2.12. The number of amides is 1. The Morgan fingerprint density at radius 1 is 1.09 bits per heavy atom. The monoisotopic (exact) mass is 360 g/mol. The fraction of sp³-hybridized carbons (Fsp3) is 0.312. The number of aromatic nitrogens is 2. The molecule has 1 aromatic carbocycles. The van der Waals surface area contributed by atoms with Gasteiger partial charge in [-0.3, -0.25) is 4.79 Å². The van der Waals surface area contributed by atoms with E-state index in [0.717, 1.165) is 10.3 Å². The highest BCUT2D eigenvalue weighted by atomic mass is 79.9. The van der Waals surface area contributed by atoms with E-state index in [-0.39, 0.29) is 5.91 Å². The number of carbonyl (C=O) groups is 1. The van der Waals surface area contributed by atoms with Gasteiger partial charge in [-0.2, -0.15) is 0 Å². The van der Waals surface area contributed by atoms with E-state index in [0.29, 0.717) is 17.4 Å². The van der Waals surface area contributed by atoms with Gasteiger partial charge in [0.1, 0.15) is 5.82 Å². The zero-order valence-electron chi connectivity index (χ0n) is 12.1. The molecular weight excluding hydrogens is 344 g/mol. The number of nitrogens with one attached hydrogen (secondary N) is 2. The van der Waals surface area contributed by atoms with Gasteiger partial charge in [0.2, 0.25) is 0 Å². The molecule has 1 aliphatic carbocycles. The number of carbonyl (C=O) groups excluding carboxylic acids is 1. The van der Waals surface area contributed by atoms with E-state index in [9.17, 15) is 4.79 Å². The molecule has 0 spiro atoms. The third-order valence-electron chi connectivity index (χ3n) is 3.73. The van der Waals surface area contributed by atoms with E-state index in [1.807, 2.05) is 24.3 Å². The summed E-state index contributed by atoms with van der Waals surface area (Å²) in [5.41, 5.74) is 1.01. The number of anilines is 2. The van der Waals surface area contributed by atoms with Crippen LogP contribution in [-0.2, 0) is 0 Å². The normalized spacial score (nSPS) is 14.8. The van der Waals surface area contributed by atoms with Crippen LogP contribution in [0.2, 0.25) is 0 Å². The molecule has 114 valence electrons. The predicted octanol–water partition coefficient (Wildman–Crippen LogP) is 3.85. The average molecular weight is 361 g/mol. The van der Waals surface area contributed by atoms with Gasteiger partial charge < -0.3 is 10.6 Å². The summed E-state index contributed by atoms with van der Waals surface area (Å²) in [6.07, 6.45) is 4.87. The lowest BCUT2D eigenvalue weighted by molar-refractivity contribution is 0.102. The Hall–Kier alpha value is -1.95. The molecule has 0 saturated heterocycles. The van der Waals surface area contributed by atoms with E-state index in [1.54, 1.807) is 12.1 Å². The van der Waals surface area contributed by atoms with E-state index in [4.69, 9.17) is 0 Å². The van der Waals surface area contributed by atoms with Crippen LogP contribution < -0.4 is 10.6 Å². The van der Waals surface area contributed by atoms with Crippen LogP contribution in [0.3, 0.4) is 0 Å². The highest BCUT2D eigenvalue weighted by Gasteiger charge is 2.16. The molecule has 2 aromatic rings. The van der Waals surface area contributed by atoms with Crippen molar-refractivity contribution in [1.82, 2.24) is 10.2 Å². The highest BCUT2D eigenvalue weighted by molar-refractivity contribution is 9.10. The van der Waals surface area contributed by atoms with Crippen LogP contribution in [0.5, 0.6) is 0 Å². The zero-order chi connectivity index (χ0) is 15.4. The topological polar surface area (TPSA) is 66.9 Å². The maximum absolute atomic E-state index is 12.2. The summed E-state index contributed by atoms with van der Waals surface area (Å²) in [7, 11) is 0. The minimum atomic E-state index is -0.271. The molecule has 0 bridgehead atoms. The molecule has 2 N–H and O–H groups in total. The Morgan fingerprint density at radius 2 is 1.86 bits per heavy atom. The summed E-state index contributed by atoms with van der Waals surface area (Å²) in [6.45, 7) is 0. The van der Waals surface area contributed by atoms with Crippen LogP contribution >= 0.6 is 15.9 Å². The number of nitrogens with zero attached hydrogens (tertiary/aromatic N) is 2. The van der Waals surface area contributed by atoms with Crippen LogP contribution in [0.1, 0.15) is 36.2 Å². The van der Waals surface area contributed by atoms with Crippen LogP contribution in [-0.4, -0.2) is 22.1 Å². The molecular formula is C16H17BrN4O. The summed E-state index contributed by atoms with van der Waals surface area (Å²) >= 11 is 3.40. The fourth-order valence-corrected chi connectivity index (χ4v) is 2.94. The van der Waals surface area contributed by atoms with Crippen molar-refractivity contribution >= 4 is 33.3 Å². The molecule has 1 aromatic heterocycles. The van der Waals surface area contributed by atoms with Crippen molar-refractivity contribution in [1.29, 1.82) is 0 Å². The summed E-state index contributed by atoms with van der Waals surface area (Å²) < 4.78 is 0.829. The third kappa shape index (κ3) is 3.62. The summed E-state index contributed by atoms with van der Waals surface area (Å²) in [6, 6.07) is 11.4. The number of hydrogen-bond acceptors (Lipinski definition) is 4. The van der Waals surface area contributed by atoms with Gasteiger partial charge in [0, 0.05) is 10.5 Å². The second kappa shape index (κ2) is 6.87. The third-order valence-corrected chi connectivity index (χ3v) is 4.42. The number of rotatable bonds is 4. The Bertz CT molecular complexity index is 653. The first-order valence-electron chi connectivity index (χ1n) is 7.38. The number of halogens is 1. The lowest BCUT2D eigenvalue weighted by atomic mass is 10.2. The first kappa shape index (κ1) is 15.0. The van der Waals surface area contributed by atoms with Crippen molar-refractivity contribution in [2.45, 2.75) is 31.7 Å². The molecule has 1 fully saturated rings. The van der Waals surface area contributed by atoms with Crippen molar-refractivity contribution in [2.24, 2.45) is 0 Å². The first-order valence-corrected chi connectivity index (χ1v) is 8.18. The maximum Gasteiger partial charge on any atom is 0.276 e. The van der Waals surface area contributed by atoms with Gasteiger partial charge >= 0.3 is 0 Å². The molecule has 22 heavy (non-hydrogen) atoms. The molecule has 0 unspecified atom stereocenters. The van der Waals surface area contributed by atoms with Crippen LogP contribution in [0.15, 0.2) is 40.9 Å². The largest absolute Gasteiger partial charge is 0.366 e. The quantitative estimate of drug-likeness (QED) is 0.868. The fourth-order valence-electron chi connectivity index (χ4n) is 2.56. The van der Waals surface area contributed by atoms with Crippen LogP contribution in [0.4, 0.5) is 11.5 Å². The molecule has 1 saturated carbocycles. The second-order valence-corrected chi connectivity index (χ2v) is 6.22. The molecule has 0 atom stereocenters. The Kier molecular flexibility index (Phi) is 4.68. The molecule has 3 rings (SSSR count). The van der Waals surface area contributed by atoms with E-state index in [1.165, 1.54) is 25.7 Å². The van der Waals surface area contributed by atoms with E-state index in [2.05, 4.69) is 36.8 Å². The standard InChI is InChI=1S/C16H17BrN4O/c17-12-7-3-4-8-13(12)19-16(22)14-9-10-15(21-20-14)18-11-5-1-2-6-11/h3-4,7-11H,1-2,5-6H2,(H,18,21)(H,19,22). The van der Waals surface area contributed by atoms with E-state index < -0.39 is 0 Å². The summed E-state index contributed by atoms with van der Waals surface area (Å²) in [4.78, 5) is 12.2. The Balaban J connectivity index is 1.64. The van der Waals surface area contributed by atoms with Gasteiger partial charge in [0.15, 0.2) is 5.69 Å². The first-order chi connectivity index (χ1) is 10.7. The lowest BCUT2D eigenvalue weighted by Crippen LogP contribution is -2.18. The Labute approximate surface area is 137 Å². The van der Waals surface area contributed by atoms with Crippen molar-refractivity contribution in [3.05, 3.63) is 46.6 Å². The van der Waals surface area contributed by atoms with Gasteiger partial charge in [-0.05, 0) is 53.0 Å². The predicted molar refractivity (Wildman–Crippen MR) is 90.0 cm³/mol. The van der Waals surface area contributed by atoms with Crippen molar-refractivity contribution in [3.8, 4) is 0 Å². The molecule has 0 radical (unpaired) electrons. The summed E-state index contributed by atoms with van der Waals surface area (Å²) in [5, 5.41) is 14.3. The van der Waals surface area contributed by atoms with Crippen molar-refractivity contribution in [3.63, 3.8) is 0 Å². The van der Waals surface area contributed by atoms with Crippen LogP contribution in [0.25, 0.3) is 0 Å². The minimum Gasteiger partial charge on any atom is -0.366 e. The van der Waals surface area contributed by atoms with Crippen molar-refractivity contribution < 1.29 is 4.79 Å². The van der Waals surface area contributed by atoms with Gasteiger partial charge in [0.05, 0.1) is 5.69 Å². The van der Waals surface area contributed by atoms with Crippen LogP contribution in [0, 0.1) is 0 Å². The molecule has 1 amide bonds. The molecule has 6 heteroatoms. The molecule has 1 aliphatic rings. The van der Waals surface area contributed by atoms with Gasteiger partial charge in [-0.1, -0.05) is 25.0 Å².